The Hall–Kier alpha value is -2.37. The fourth-order valence-electron chi connectivity index (χ4n) is 6.72. The first kappa shape index (κ1) is 30.6. The second-order valence-electron chi connectivity index (χ2n) is 12.8. The molecule has 220 valence electrons. The summed E-state index contributed by atoms with van der Waals surface area (Å²) in [6.07, 6.45) is 4.41. The van der Waals surface area contributed by atoms with Gasteiger partial charge in [-0.05, 0) is 24.5 Å². The van der Waals surface area contributed by atoms with Gasteiger partial charge in [-0.15, -0.1) is 0 Å². The normalized spacial score (nSPS) is 25.3. The second-order valence-corrected chi connectivity index (χ2v) is 14.8. The molecule has 4 rings (SSSR count). The number of quaternary nitrogens is 1. The molecule has 10 heteroatoms. The first-order valence-corrected chi connectivity index (χ1v) is 15.6. The van der Waals surface area contributed by atoms with Crippen LogP contribution in [0.2, 0.25) is 0 Å². The zero-order valence-corrected chi connectivity index (χ0v) is 25.3. The van der Waals surface area contributed by atoms with E-state index in [0.717, 1.165) is 41.1 Å². The molecule has 1 unspecified atom stereocenters. The van der Waals surface area contributed by atoms with Crippen LogP contribution in [0.1, 0.15) is 52.9 Å². The second kappa shape index (κ2) is 11.1. The summed E-state index contributed by atoms with van der Waals surface area (Å²) in [4.78, 5) is 29.9. The lowest BCUT2D eigenvalue weighted by atomic mass is 9.85. The monoisotopic (exact) mass is 574 g/mol. The first-order chi connectivity index (χ1) is 18.6. The third-order valence-corrected chi connectivity index (χ3v) is 10.8. The number of likely N-dealkylation sites (tertiary alicyclic amines) is 1. The minimum Gasteiger partial charge on any atom is -0.390 e. The van der Waals surface area contributed by atoms with E-state index in [1.165, 1.54) is 7.05 Å². The maximum Gasteiger partial charge on any atom is 0.359 e. The highest BCUT2D eigenvalue weighted by molar-refractivity contribution is 7.89. The molecule has 4 atom stereocenters. The Labute approximate surface area is 238 Å². The number of amides is 2. The van der Waals surface area contributed by atoms with Gasteiger partial charge in [0.2, 0.25) is 10.0 Å². The van der Waals surface area contributed by atoms with Crippen molar-refractivity contribution in [1.82, 2.24) is 4.31 Å². The average molecular weight is 575 g/mol. The lowest BCUT2D eigenvalue weighted by Gasteiger charge is -2.36. The van der Waals surface area contributed by atoms with E-state index in [1.54, 1.807) is 39.0 Å². The van der Waals surface area contributed by atoms with Crippen LogP contribution >= 0.6 is 0 Å². The molecule has 0 spiro atoms. The van der Waals surface area contributed by atoms with Crippen LogP contribution < -0.4 is 4.90 Å². The summed E-state index contributed by atoms with van der Waals surface area (Å²) in [6, 6.07) is 9.57. The molecule has 1 aliphatic heterocycles. The molecule has 1 saturated heterocycles. The van der Waals surface area contributed by atoms with Gasteiger partial charge < -0.3 is 10.0 Å². The average Bonchev–Trinajstić information content (AvgIpc) is 3.46. The van der Waals surface area contributed by atoms with Crippen molar-refractivity contribution in [3.05, 3.63) is 36.4 Å². The predicted molar refractivity (Wildman–Crippen MR) is 154 cm³/mol. The smallest absolute Gasteiger partial charge is 0.359 e. The van der Waals surface area contributed by atoms with Crippen molar-refractivity contribution in [2.75, 3.05) is 39.2 Å². The van der Waals surface area contributed by atoms with Crippen molar-refractivity contribution in [2.45, 2.75) is 63.8 Å². The molecule has 2 amide bonds. The van der Waals surface area contributed by atoms with Crippen molar-refractivity contribution < 1.29 is 33.0 Å². The Kier molecular flexibility index (Phi) is 8.51. The van der Waals surface area contributed by atoms with E-state index in [1.807, 2.05) is 37.2 Å². The van der Waals surface area contributed by atoms with Crippen LogP contribution in [0.3, 0.4) is 0 Å². The number of fused-ring (bicyclic) bond motifs is 1. The molecule has 9 nitrogen and oxygen atoms in total. The molecule has 2 aromatic carbocycles. The van der Waals surface area contributed by atoms with Gasteiger partial charge >= 0.3 is 11.8 Å². The van der Waals surface area contributed by atoms with E-state index in [0.29, 0.717) is 11.8 Å². The molecule has 0 radical (unpaired) electrons. The maximum absolute atomic E-state index is 14.0. The molecule has 1 heterocycles. The Bertz CT molecular complexity index is 1380. The van der Waals surface area contributed by atoms with Gasteiger partial charge in [-0.2, -0.15) is 4.31 Å². The molecule has 40 heavy (non-hydrogen) atoms. The van der Waals surface area contributed by atoms with Crippen LogP contribution in [0.4, 0.5) is 5.69 Å². The quantitative estimate of drug-likeness (QED) is 0.264. The number of imide groups is 1. The highest BCUT2D eigenvalue weighted by Crippen LogP contribution is 2.44. The number of rotatable bonds is 9. The summed E-state index contributed by atoms with van der Waals surface area (Å²) >= 11 is 0. The molecule has 2 N–H and O–H groups in total. The van der Waals surface area contributed by atoms with Gasteiger partial charge in [0.15, 0.2) is 6.04 Å². The highest BCUT2D eigenvalue weighted by Gasteiger charge is 2.67. The van der Waals surface area contributed by atoms with E-state index in [2.05, 4.69) is 0 Å². The summed E-state index contributed by atoms with van der Waals surface area (Å²) in [5.41, 5.74) is 0.122. The van der Waals surface area contributed by atoms with Crippen molar-refractivity contribution in [2.24, 2.45) is 23.2 Å². The fraction of sp³-hybridized carbons (Fsp3) is 0.600. The molecule has 2 aliphatic rings. The number of carbonyl (C=O) groups is 2. The van der Waals surface area contributed by atoms with Crippen LogP contribution in [-0.4, -0.2) is 79.8 Å². The Morgan fingerprint density at radius 3 is 2.10 bits per heavy atom. The largest absolute Gasteiger partial charge is 0.390 e. The molecule has 1 saturated carbocycles. The SMILES string of the molecule is CN(C)c1cccc2c(S(=O)(=O)N(C)C[C@@H]3C(=O)[N+](O)([C@H](CO)C(C)(C)C)C(=O)[C@@H]3CC3CCCC3)cccc12. The number of aliphatic hydroxyl groups is 1. The van der Waals surface area contributed by atoms with Gasteiger partial charge in [0.05, 0.1) is 17.4 Å². The van der Waals surface area contributed by atoms with E-state index in [4.69, 9.17) is 0 Å². The van der Waals surface area contributed by atoms with Gasteiger partial charge in [0.25, 0.3) is 0 Å². The van der Waals surface area contributed by atoms with Crippen LogP contribution in [0.15, 0.2) is 41.3 Å². The van der Waals surface area contributed by atoms with Crippen LogP contribution in [0.5, 0.6) is 0 Å². The summed E-state index contributed by atoms with van der Waals surface area (Å²) < 4.78 is 27.6. The van der Waals surface area contributed by atoms with Crippen molar-refractivity contribution in [1.29, 1.82) is 0 Å². The zero-order valence-electron chi connectivity index (χ0n) is 24.5. The molecule has 2 aromatic rings. The lowest BCUT2D eigenvalue weighted by molar-refractivity contribution is -0.998. The topological polar surface area (TPSA) is 115 Å². The van der Waals surface area contributed by atoms with Crippen LogP contribution in [0.25, 0.3) is 10.8 Å². The van der Waals surface area contributed by atoms with Crippen LogP contribution in [-0.2, 0) is 19.6 Å². The number of nitrogens with zero attached hydrogens (tertiary/aromatic N) is 3. The third kappa shape index (κ3) is 5.20. The standard InChI is InChI=1S/C30H44N3O6S/c1-30(2,3)27(19-34)33(37)28(35)23(17-20-11-7-8-12-20)24(29(33)36)18-32(6)40(38,39)26-16-10-13-21-22(26)14-9-15-25(21)31(4)5/h9-10,13-16,20,23-24,27,34,37H,7-8,11-12,17-19H2,1-6H3/q+1/t23-,24+,27-,33?/m1/s1. The summed E-state index contributed by atoms with van der Waals surface area (Å²) in [5.74, 6) is -2.99. The van der Waals surface area contributed by atoms with Crippen molar-refractivity contribution in [3.8, 4) is 0 Å². The third-order valence-electron chi connectivity index (χ3n) is 8.96. The zero-order chi connectivity index (χ0) is 29.6. The summed E-state index contributed by atoms with van der Waals surface area (Å²) in [5, 5.41) is 23.3. The minimum absolute atomic E-state index is 0.119. The Morgan fingerprint density at radius 2 is 1.52 bits per heavy atom. The summed E-state index contributed by atoms with van der Waals surface area (Å²) in [7, 11) is 1.15. The highest BCUT2D eigenvalue weighted by atomic mass is 32.2. The lowest BCUT2D eigenvalue weighted by Crippen LogP contribution is -2.63. The van der Waals surface area contributed by atoms with E-state index >= 15 is 0 Å². The number of sulfonamides is 1. The molecule has 2 fully saturated rings. The van der Waals surface area contributed by atoms with Gasteiger partial charge in [0, 0.05) is 49.6 Å². The van der Waals surface area contributed by atoms with Gasteiger partial charge in [-0.25, -0.2) is 23.2 Å². The number of carbonyl (C=O) groups excluding carboxylic acids is 2. The van der Waals surface area contributed by atoms with E-state index in [-0.39, 0.29) is 17.4 Å². The molecule has 1 aliphatic carbocycles. The number of anilines is 1. The first-order valence-electron chi connectivity index (χ1n) is 14.1. The summed E-state index contributed by atoms with van der Waals surface area (Å²) in [6.45, 7) is 4.50. The van der Waals surface area contributed by atoms with Gasteiger partial charge in [0.1, 0.15) is 5.92 Å². The van der Waals surface area contributed by atoms with Crippen LogP contribution in [0, 0.1) is 23.2 Å². The Morgan fingerprint density at radius 1 is 0.950 bits per heavy atom. The molecule has 0 aromatic heterocycles. The number of hydrogen-bond donors (Lipinski definition) is 2. The van der Waals surface area contributed by atoms with Gasteiger partial charge in [-0.1, -0.05) is 75.4 Å². The van der Waals surface area contributed by atoms with Crippen molar-refractivity contribution in [3.63, 3.8) is 0 Å². The Balaban J connectivity index is 1.73. The molecular formula is C30H44N3O6S+. The minimum atomic E-state index is -4.07. The number of benzene rings is 2. The maximum atomic E-state index is 14.0. The molecular weight excluding hydrogens is 530 g/mol. The predicted octanol–water partition coefficient (Wildman–Crippen LogP) is 4.02. The number of aliphatic hydroxyl groups excluding tert-OH is 1. The number of hydroxylamine groups is 3. The van der Waals surface area contributed by atoms with Crippen molar-refractivity contribution >= 4 is 38.3 Å². The van der Waals surface area contributed by atoms with Gasteiger partial charge in [-0.3, -0.25) is 0 Å². The fourth-order valence-corrected chi connectivity index (χ4v) is 8.12. The van der Waals surface area contributed by atoms with E-state index < -0.39 is 56.4 Å². The number of hydrogen-bond acceptors (Lipinski definition) is 7. The molecule has 0 bridgehead atoms. The van der Waals surface area contributed by atoms with E-state index in [9.17, 15) is 28.3 Å².